The molecule has 5 aromatic carbocycles. The fourth-order valence-corrected chi connectivity index (χ4v) is 11.1. The lowest BCUT2D eigenvalue weighted by atomic mass is 9.79. The highest BCUT2D eigenvalue weighted by Gasteiger charge is 2.33. The second-order valence-corrected chi connectivity index (χ2v) is 16.8. The standard InChI is InChI=1S/C51H42N2S/c1-31-20-24-35(25-21-31)52-44-16-8-4-12-37(44)40-27-23-34(30-47(40)52)36-28-29-42-39-14-6-10-18-46(39)53(50(42)33(36)3)45-17-9-5-13-38(45)41-26-22-32(2)51-49(41)43-15-7-11-19-48(43)54-51/h4-20,23-33,36H,21-22H2,1-3H3. The van der Waals surface area contributed by atoms with Crippen molar-refractivity contribution in [3.63, 3.8) is 0 Å². The molecule has 0 saturated carbocycles. The molecule has 3 aromatic heterocycles. The Balaban J connectivity index is 1.09. The number of allylic oxidation sites excluding steroid dienone is 6. The van der Waals surface area contributed by atoms with E-state index < -0.39 is 0 Å². The molecule has 3 heteroatoms. The number of thiophene rings is 1. The number of hydrogen-bond donors (Lipinski definition) is 0. The van der Waals surface area contributed by atoms with Crippen LogP contribution in [0.25, 0.3) is 65.8 Å². The average Bonchev–Trinajstić information content (AvgIpc) is 3.88. The van der Waals surface area contributed by atoms with Gasteiger partial charge in [0.1, 0.15) is 0 Å². The molecule has 0 radical (unpaired) electrons. The number of nitrogens with zero attached hydrogens (tertiary/aromatic N) is 2. The second kappa shape index (κ2) is 12.2. The number of fused-ring (bicyclic) bond motifs is 9. The van der Waals surface area contributed by atoms with E-state index in [4.69, 9.17) is 0 Å². The molecule has 0 amide bonds. The molecule has 3 aliphatic carbocycles. The van der Waals surface area contributed by atoms with Crippen LogP contribution in [0.3, 0.4) is 0 Å². The summed E-state index contributed by atoms with van der Waals surface area (Å²) in [4.78, 5) is 1.51. The van der Waals surface area contributed by atoms with Crippen LogP contribution in [-0.2, 0) is 0 Å². The van der Waals surface area contributed by atoms with Crippen molar-refractivity contribution in [3.05, 3.63) is 178 Å². The van der Waals surface area contributed by atoms with Crippen molar-refractivity contribution in [1.82, 2.24) is 9.13 Å². The first-order chi connectivity index (χ1) is 26.5. The maximum atomic E-state index is 2.61. The first kappa shape index (κ1) is 31.8. The third kappa shape index (κ3) is 4.64. The highest BCUT2D eigenvalue weighted by atomic mass is 32.1. The zero-order chi connectivity index (χ0) is 36.1. The largest absolute Gasteiger partial charge is 0.312 e. The van der Waals surface area contributed by atoms with Gasteiger partial charge in [0.15, 0.2) is 0 Å². The summed E-state index contributed by atoms with van der Waals surface area (Å²) in [6, 6.07) is 43.3. The second-order valence-electron chi connectivity index (χ2n) is 15.8. The van der Waals surface area contributed by atoms with E-state index in [1.54, 1.807) is 0 Å². The molecule has 4 atom stereocenters. The summed E-state index contributed by atoms with van der Waals surface area (Å²) in [5, 5.41) is 5.32. The van der Waals surface area contributed by atoms with Crippen molar-refractivity contribution < 1.29 is 0 Å². The van der Waals surface area contributed by atoms with Crippen LogP contribution >= 0.6 is 11.3 Å². The molecule has 11 rings (SSSR count). The molecule has 54 heavy (non-hydrogen) atoms. The van der Waals surface area contributed by atoms with Crippen molar-refractivity contribution in [2.75, 3.05) is 0 Å². The summed E-state index contributed by atoms with van der Waals surface area (Å²) in [5.74, 6) is 1.56. The van der Waals surface area contributed by atoms with E-state index in [0.29, 0.717) is 11.8 Å². The van der Waals surface area contributed by atoms with Gasteiger partial charge in [0.2, 0.25) is 0 Å². The summed E-state index contributed by atoms with van der Waals surface area (Å²) in [7, 11) is 0. The van der Waals surface area contributed by atoms with Gasteiger partial charge in [0.05, 0.1) is 22.2 Å². The maximum absolute atomic E-state index is 2.61. The Morgan fingerprint density at radius 2 is 1.33 bits per heavy atom. The predicted molar refractivity (Wildman–Crippen MR) is 232 cm³/mol. The molecule has 0 bridgehead atoms. The Kier molecular flexibility index (Phi) is 7.19. The molecule has 0 spiro atoms. The summed E-state index contributed by atoms with van der Waals surface area (Å²) in [6.45, 7) is 7.13. The van der Waals surface area contributed by atoms with Gasteiger partial charge < -0.3 is 9.13 Å². The van der Waals surface area contributed by atoms with Crippen LogP contribution in [0.1, 0.15) is 84.2 Å². The molecular weight excluding hydrogens is 673 g/mol. The van der Waals surface area contributed by atoms with Gasteiger partial charge in [0, 0.05) is 71.0 Å². The van der Waals surface area contributed by atoms with Crippen molar-refractivity contribution in [2.45, 2.75) is 51.4 Å². The SMILES string of the molecule is CC1C=CC(n2c3ccccc3c3ccc(C4C=Cc5c(n(-c6ccccc6C6=CCC(C)c7sc8ccccc8c76)c6ccccc56)C4C)cc32)=CC1. The van der Waals surface area contributed by atoms with Gasteiger partial charge in [-0.15, -0.1) is 11.3 Å². The molecule has 2 nitrogen and oxygen atoms in total. The Morgan fingerprint density at radius 3 is 2.17 bits per heavy atom. The van der Waals surface area contributed by atoms with Crippen molar-refractivity contribution >= 4 is 71.5 Å². The molecular formula is C51H42N2S. The topological polar surface area (TPSA) is 9.86 Å². The Bertz CT molecular complexity index is 2950. The van der Waals surface area contributed by atoms with Gasteiger partial charge in [-0.2, -0.15) is 0 Å². The zero-order valence-electron chi connectivity index (χ0n) is 31.0. The quantitative estimate of drug-likeness (QED) is 0.172. The molecule has 3 aliphatic rings. The molecule has 0 saturated heterocycles. The van der Waals surface area contributed by atoms with E-state index in [9.17, 15) is 0 Å². The fraction of sp³-hybridized carbons (Fsp3) is 0.176. The van der Waals surface area contributed by atoms with E-state index >= 15 is 0 Å². The summed E-state index contributed by atoms with van der Waals surface area (Å²) >= 11 is 1.98. The van der Waals surface area contributed by atoms with Gasteiger partial charge in [-0.25, -0.2) is 0 Å². The van der Waals surface area contributed by atoms with Gasteiger partial charge >= 0.3 is 0 Å². The molecule has 0 fully saturated rings. The number of hydrogen-bond acceptors (Lipinski definition) is 1. The molecule has 262 valence electrons. The number of aromatic nitrogens is 2. The van der Waals surface area contributed by atoms with Crippen LogP contribution in [-0.4, -0.2) is 9.13 Å². The minimum atomic E-state index is 0.224. The molecule has 8 aromatic rings. The number of para-hydroxylation sites is 3. The molecule has 4 unspecified atom stereocenters. The van der Waals surface area contributed by atoms with Crippen LogP contribution in [0.4, 0.5) is 0 Å². The number of rotatable bonds is 4. The molecule has 3 heterocycles. The third-order valence-corrected chi connectivity index (χ3v) is 13.9. The van der Waals surface area contributed by atoms with E-state index in [0.717, 1.165) is 12.8 Å². The molecule has 0 aliphatic heterocycles. The van der Waals surface area contributed by atoms with E-state index in [-0.39, 0.29) is 11.8 Å². The van der Waals surface area contributed by atoms with E-state index in [1.165, 1.54) is 92.6 Å². The lowest BCUT2D eigenvalue weighted by molar-refractivity contribution is 0.639. The van der Waals surface area contributed by atoms with Crippen molar-refractivity contribution in [2.24, 2.45) is 5.92 Å². The van der Waals surface area contributed by atoms with Crippen molar-refractivity contribution in [1.29, 1.82) is 0 Å². The smallest absolute Gasteiger partial charge is 0.0543 e. The van der Waals surface area contributed by atoms with E-state index in [1.807, 2.05) is 11.3 Å². The first-order valence-electron chi connectivity index (χ1n) is 19.6. The van der Waals surface area contributed by atoms with E-state index in [2.05, 4.69) is 182 Å². The Morgan fingerprint density at radius 1 is 0.611 bits per heavy atom. The van der Waals surface area contributed by atoms with Crippen molar-refractivity contribution in [3.8, 4) is 5.69 Å². The van der Waals surface area contributed by atoms with Gasteiger partial charge in [0.25, 0.3) is 0 Å². The minimum absolute atomic E-state index is 0.224. The van der Waals surface area contributed by atoms with Gasteiger partial charge in [-0.3, -0.25) is 0 Å². The van der Waals surface area contributed by atoms with Gasteiger partial charge in [-0.05, 0) is 72.2 Å². The summed E-state index contributed by atoms with van der Waals surface area (Å²) in [5.41, 5.74) is 14.6. The zero-order valence-corrected chi connectivity index (χ0v) is 31.8. The fourth-order valence-electron chi connectivity index (χ4n) is 9.79. The lowest BCUT2D eigenvalue weighted by Crippen LogP contribution is -2.16. The highest BCUT2D eigenvalue weighted by molar-refractivity contribution is 7.19. The minimum Gasteiger partial charge on any atom is -0.312 e. The highest BCUT2D eigenvalue weighted by Crippen LogP contribution is 2.50. The normalized spacial score (nSPS) is 20.8. The van der Waals surface area contributed by atoms with Crippen LogP contribution in [0, 0.1) is 5.92 Å². The predicted octanol–water partition coefficient (Wildman–Crippen LogP) is 14.2. The Hall–Kier alpha value is -5.64. The molecule has 0 N–H and O–H groups in total. The first-order valence-corrected chi connectivity index (χ1v) is 20.4. The summed E-state index contributed by atoms with van der Waals surface area (Å²) in [6.07, 6.45) is 16.6. The van der Waals surface area contributed by atoms with Crippen LogP contribution in [0.5, 0.6) is 0 Å². The monoisotopic (exact) mass is 714 g/mol. The average molecular weight is 715 g/mol. The maximum Gasteiger partial charge on any atom is 0.0543 e. The Labute approximate surface area is 320 Å². The van der Waals surface area contributed by atoms with Crippen LogP contribution < -0.4 is 0 Å². The lowest BCUT2D eigenvalue weighted by Gasteiger charge is -2.29. The van der Waals surface area contributed by atoms with Crippen LogP contribution in [0.2, 0.25) is 0 Å². The summed E-state index contributed by atoms with van der Waals surface area (Å²) < 4.78 is 6.49. The third-order valence-electron chi connectivity index (χ3n) is 12.5. The van der Waals surface area contributed by atoms with Gasteiger partial charge in [-0.1, -0.05) is 136 Å². The van der Waals surface area contributed by atoms with Crippen LogP contribution in [0.15, 0.2) is 146 Å². The number of benzene rings is 5.